The van der Waals surface area contributed by atoms with Crippen LogP contribution in [0.2, 0.25) is 0 Å². The Morgan fingerprint density at radius 1 is 1.12 bits per heavy atom. The number of rotatable bonds is 2. The van der Waals surface area contributed by atoms with Crippen molar-refractivity contribution in [2.24, 2.45) is 0 Å². The number of amides is 1. The molecular formula is C19H12N2O2S2. The second kappa shape index (κ2) is 6.31. The van der Waals surface area contributed by atoms with Gasteiger partial charge in [-0.3, -0.25) is 14.7 Å². The fraction of sp³-hybridized carbons (Fsp3) is 0. The SMILES string of the molecule is O=C1/C(=C/c2ccc3cccnc3c2)SC(=S)N1c1cccc(O)c1. The summed E-state index contributed by atoms with van der Waals surface area (Å²) in [5.74, 6) is -0.0992. The number of phenols is 1. The van der Waals surface area contributed by atoms with E-state index in [2.05, 4.69) is 4.98 Å². The van der Waals surface area contributed by atoms with Crippen molar-refractivity contribution >= 4 is 56.9 Å². The molecule has 0 radical (unpaired) electrons. The van der Waals surface area contributed by atoms with E-state index >= 15 is 0 Å². The summed E-state index contributed by atoms with van der Waals surface area (Å²) in [5, 5.41) is 10.7. The summed E-state index contributed by atoms with van der Waals surface area (Å²) >= 11 is 6.60. The number of phenolic OH excluding ortho intramolecular Hbond substituents is 1. The van der Waals surface area contributed by atoms with Crippen molar-refractivity contribution in [1.82, 2.24) is 4.98 Å². The Balaban J connectivity index is 1.69. The molecule has 1 N–H and O–H groups in total. The lowest BCUT2D eigenvalue weighted by molar-refractivity contribution is -0.113. The van der Waals surface area contributed by atoms with Gasteiger partial charge in [-0.1, -0.05) is 48.2 Å². The number of hydrogen-bond donors (Lipinski definition) is 1. The van der Waals surface area contributed by atoms with Gasteiger partial charge >= 0.3 is 0 Å². The van der Waals surface area contributed by atoms with Crippen molar-refractivity contribution in [2.45, 2.75) is 0 Å². The Kier molecular flexibility index (Phi) is 3.99. The second-order valence-electron chi connectivity index (χ2n) is 5.49. The molecule has 0 bridgehead atoms. The zero-order chi connectivity index (χ0) is 17.4. The summed E-state index contributed by atoms with van der Waals surface area (Å²) < 4.78 is 0.445. The molecular weight excluding hydrogens is 352 g/mol. The molecule has 0 atom stereocenters. The van der Waals surface area contributed by atoms with Crippen molar-refractivity contribution in [3.63, 3.8) is 0 Å². The number of carbonyl (C=O) groups is 1. The van der Waals surface area contributed by atoms with Crippen molar-refractivity contribution in [3.8, 4) is 5.75 Å². The van der Waals surface area contributed by atoms with E-state index in [4.69, 9.17) is 12.2 Å². The van der Waals surface area contributed by atoms with E-state index in [1.54, 1.807) is 24.4 Å². The fourth-order valence-electron chi connectivity index (χ4n) is 2.65. The molecule has 2 aromatic carbocycles. The molecule has 4 rings (SSSR count). The molecule has 1 aliphatic rings. The summed E-state index contributed by atoms with van der Waals surface area (Å²) in [6.07, 6.45) is 3.56. The molecule has 1 amide bonds. The number of hydrogen-bond acceptors (Lipinski definition) is 5. The van der Waals surface area contributed by atoms with Crippen molar-refractivity contribution in [1.29, 1.82) is 0 Å². The minimum Gasteiger partial charge on any atom is -0.508 e. The Hall–Kier alpha value is -2.70. The van der Waals surface area contributed by atoms with Crippen LogP contribution in [0.5, 0.6) is 5.75 Å². The van der Waals surface area contributed by atoms with E-state index in [0.717, 1.165) is 16.5 Å². The first-order chi connectivity index (χ1) is 12.1. The highest BCUT2D eigenvalue weighted by molar-refractivity contribution is 8.27. The van der Waals surface area contributed by atoms with E-state index in [9.17, 15) is 9.90 Å². The number of thioether (sulfide) groups is 1. The Labute approximate surface area is 153 Å². The lowest BCUT2D eigenvalue weighted by Gasteiger charge is -2.14. The number of benzene rings is 2. The van der Waals surface area contributed by atoms with E-state index in [1.807, 2.05) is 36.4 Å². The van der Waals surface area contributed by atoms with Gasteiger partial charge in [0, 0.05) is 17.6 Å². The maximum absolute atomic E-state index is 12.7. The maximum Gasteiger partial charge on any atom is 0.270 e. The molecule has 3 aromatic rings. The molecule has 0 unspecified atom stereocenters. The highest BCUT2D eigenvalue weighted by Crippen LogP contribution is 2.37. The van der Waals surface area contributed by atoms with Crippen LogP contribution in [0.15, 0.2) is 65.7 Å². The molecule has 1 aromatic heterocycles. The van der Waals surface area contributed by atoms with Gasteiger partial charge in [-0.25, -0.2) is 0 Å². The predicted molar refractivity (Wildman–Crippen MR) is 106 cm³/mol. The number of aromatic hydroxyl groups is 1. The van der Waals surface area contributed by atoms with Gasteiger partial charge in [-0.15, -0.1) is 0 Å². The molecule has 6 heteroatoms. The van der Waals surface area contributed by atoms with Crippen LogP contribution in [0.4, 0.5) is 5.69 Å². The molecule has 4 nitrogen and oxygen atoms in total. The largest absolute Gasteiger partial charge is 0.508 e. The Morgan fingerprint density at radius 3 is 2.84 bits per heavy atom. The topological polar surface area (TPSA) is 53.4 Å². The summed E-state index contributed by atoms with van der Waals surface area (Å²) in [7, 11) is 0. The number of fused-ring (bicyclic) bond motifs is 1. The fourth-order valence-corrected chi connectivity index (χ4v) is 3.95. The molecule has 1 fully saturated rings. The van der Waals surface area contributed by atoms with Crippen LogP contribution in [0.25, 0.3) is 17.0 Å². The molecule has 0 saturated carbocycles. The lowest BCUT2D eigenvalue weighted by atomic mass is 10.1. The number of thiocarbonyl (C=S) groups is 1. The molecule has 25 heavy (non-hydrogen) atoms. The van der Waals surface area contributed by atoms with E-state index in [-0.39, 0.29) is 11.7 Å². The molecule has 0 spiro atoms. The highest BCUT2D eigenvalue weighted by Gasteiger charge is 2.33. The van der Waals surface area contributed by atoms with Gasteiger partial charge in [0.25, 0.3) is 5.91 Å². The smallest absolute Gasteiger partial charge is 0.270 e. The summed E-state index contributed by atoms with van der Waals surface area (Å²) in [6, 6.07) is 16.3. The normalized spacial score (nSPS) is 16.2. The van der Waals surface area contributed by atoms with Crippen molar-refractivity contribution < 1.29 is 9.90 Å². The third-order valence-corrected chi connectivity index (χ3v) is 5.11. The Bertz CT molecular complexity index is 1050. The lowest BCUT2D eigenvalue weighted by Crippen LogP contribution is -2.27. The number of anilines is 1. The quantitative estimate of drug-likeness (QED) is 0.541. The van der Waals surface area contributed by atoms with E-state index in [0.29, 0.717) is 14.9 Å². The molecule has 0 aliphatic carbocycles. The van der Waals surface area contributed by atoms with E-state index in [1.165, 1.54) is 22.7 Å². The summed E-state index contributed by atoms with van der Waals surface area (Å²) in [4.78, 5) is 19.1. The molecule has 122 valence electrons. The van der Waals surface area contributed by atoms with Gasteiger partial charge in [0.1, 0.15) is 5.75 Å². The summed E-state index contributed by atoms with van der Waals surface area (Å²) in [5.41, 5.74) is 2.33. The number of pyridine rings is 1. The van der Waals surface area contributed by atoms with Crippen LogP contribution < -0.4 is 4.90 Å². The minimum absolute atomic E-state index is 0.0936. The molecule has 1 aliphatic heterocycles. The number of carbonyl (C=O) groups excluding carboxylic acids is 1. The maximum atomic E-state index is 12.7. The number of aromatic nitrogens is 1. The summed E-state index contributed by atoms with van der Waals surface area (Å²) in [6.45, 7) is 0. The average Bonchev–Trinajstić information content (AvgIpc) is 2.88. The minimum atomic E-state index is -0.193. The van der Waals surface area contributed by atoms with Gasteiger partial charge in [-0.05, 0) is 35.9 Å². The van der Waals surface area contributed by atoms with Crippen LogP contribution in [0.1, 0.15) is 5.56 Å². The van der Waals surface area contributed by atoms with Gasteiger partial charge in [-0.2, -0.15) is 0 Å². The zero-order valence-electron chi connectivity index (χ0n) is 12.9. The third-order valence-electron chi connectivity index (χ3n) is 3.81. The molecule has 2 heterocycles. The van der Waals surface area contributed by atoms with Crippen molar-refractivity contribution in [2.75, 3.05) is 4.90 Å². The second-order valence-corrected chi connectivity index (χ2v) is 7.17. The van der Waals surface area contributed by atoms with Crippen LogP contribution in [-0.4, -0.2) is 20.3 Å². The van der Waals surface area contributed by atoms with Crippen LogP contribution in [0, 0.1) is 0 Å². The van der Waals surface area contributed by atoms with Crippen molar-refractivity contribution in [3.05, 3.63) is 71.3 Å². The first-order valence-corrected chi connectivity index (χ1v) is 8.76. The molecule has 1 saturated heterocycles. The average molecular weight is 364 g/mol. The monoisotopic (exact) mass is 364 g/mol. The predicted octanol–water partition coefficient (Wildman–Crippen LogP) is 4.35. The van der Waals surface area contributed by atoms with Crippen LogP contribution in [-0.2, 0) is 4.79 Å². The zero-order valence-corrected chi connectivity index (χ0v) is 14.6. The standard InChI is InChI=1S/C19H12N2O2S2/c22-15-5-1-4-14(11-15)21-18(23)17(25-19(21)24)10-12-6-7-13-3-2-8-20-16(13)9-12/h1-11,22H/b17-10-. The van der Waals surface area contributed by atoms with Gasteiger partial charge in [0.05, 0.1) is 16.1 Å². The first-order valence-electron chi connectivity index (χ1n) is 7.53. The highest BCUT2D eigenvalue weighted by atomic mass is 32.2. The van der Waals surface area contributed by atoms with Gasteiger partial charge in [0.2, 0.25) is 0 Å². The van der Waals surface area contributed by atoms with Crippen LogP contribution >= 0.6 is 24.0 Å². The third kappa shape index (κ3) is 3.01. The number of nitrogens with zero attached hydrogens (tertiary/aromatic N) is 2. The van der Waals surface area contributed by atoms with Gasteiger partial charge in [0.15, 0.2) is 4.32 Å². The van der Waals surface area contributed by atoms with Gasteiger partial charge < -0.3 is 5.11 Å². The van der Waals surface area contributed by atoms with Crippen LogP contribution in [0.3, 0.4) is 0 Å². The van der Waals surface area contributed by atoms with E-state index < -0.39 is 0 Å². The Morgan fingerprint density at radius 2 is 2.00 bits per heavy atom. The first kappa shape index (κ1) is 15.8.